The van der Waals surface area contributed by atoms with Gasteiger partial charge in [0.15, 0.2) is 0 Å². The van der Waals surface area contributed by atoms with Crippen molar-refractivity contribution in [3.63, 3.8) is 0 Å². The average Bonchev–Trinajstić information content (AvgIpc) is 3.81. The van der Waals surface area contributed by atoms with Crippen molar-refractivity contribution in [2.75, 3.05) is 4.90 Å². The van der Waals surface area contributed by atoms with Gasteiger partial charge >= 0.3 is 0 Å². The second-order valence-corrected chi connectivity index (χ2v) is 14.7. The fourth-order valence-electron chi connectivity index (χ4n) is 8.20. The Morgan fingerprint density at radius 3 is 1.96 bits per heavy atom. The van der Waals surface area contributed by atoms with E-state index in [-0.39, 0.29) is 0 Å². The Labute approximate surface area is 310 Å². The number of para-hydroxylation sites is 1. The molecule has 0 aliphatic heterocycles. The predicted octanol–water partition coefficient (Wildman–Crippen LogP) is 15.1. The number of hydrogen-bond donors (Lipinski definition) is 0. The highest BCUT2D eigenvalue weighted by atomic mass is 32.1. The minimum Gasteiger partial charge on any atom is -0.455 e. The Morgan fingerprint density at radius 1 is 0.396 bits per heavy atom. The molecular formula is C50H31NOS. The van der Waals surface area contributed by atoms with Gasteiger partial charge in [0, 0.05) is 42.2 Å². The Kier molecular flexibility index (Phi) is 6.76. The highest BCUT2D eigenvalue weighted by molar-refractivity contribution is 7.25. The van der Waals surface area contributed by atoms with Crippen LogP contribution in [0.2, 0.25) is 0 Å². The molecule has 2 aromatic heterocycles. The van der Waals surface area contributed by atoms with Crippen LogP contribution in [0.5, 0.6) is 0 Å². The van der Waals surface area contributed by atoms with Gasteiger partial charge in [0.25, 0.3) is 0 Å². The molecule has 53 heavy (non-hydrogen) atoms. The van der Waals surface area contributed by atoms with Crippen LogP contribution in [0.3, 0.4) is 0 Å². The van der Waals surface area contributed by atoms with Gasteiger partial charge in [-0.3, -0.25) is 0 Å². The van der Waals surface area contributed by atoms with Crippen molar-refractivity contribution in [3.05, 3.63) is 188 Å². The zero-order valence-electron chi connectivity index (χ0n) is 28.7. The van der Waals surface area contributed by atoms with E-state index < -0.39 is 0 Å². The van der Waals surface area contributed by atoms with Gasteiger partial charge in [0.2, 0.25) is 0 Å². The monoisotopic (exact) mass is 693 g/mol. The standard InChI is InChI=1S/C50H31NOS/c1-2-13-35-31-36(24-23-32(35)11-1)33-25-28-37(29-26-33)51(44-19-10-20-45-49(44)42-30-27-34-12-3-4-14-38(34)50(42)52-45)43-18-7-5-15-39(43)40-17-9-22-47-48(40)41-16-6-8-21-46(41)53-47/h1-31H. The molecule has 0 saturated heterocycles. The van der Waals surface area contributed by atoms with E-state index in [0.29, 0.717) is 0 Å². The molecular weight excluding hydrogens is 663 g/mol. The maximum atomic E-state index is 6.73. The van der Waals surface area contributed by atoms with Crippen LogP contribution in [0, 0.1) is 0 Å². The van der Waals surface area contributed by atoms with Gasteiger partial charge in [-0.1, -0.05) is 133 Å². The van der Waals surface area contributed by atoms with Crippen LogP contribution in [0.4, 0.5) is 17.1 Å². The van der Waals surface area contributed by atoms with Crippen molar-refractivity contribution >= 4 is 92.1 Å². The molecule has 0 fully saturated rings. The molecule has 0 bridgehead atoms. The smallest absolute Gasteiger partial charge is 0.143 e. The SMILES string of the molecule is c1ccc(N(c2ccc(-c3ccc4ccccc4c3)cc2)c2cccc3oc4c5ccccc5ccc4c23)c(-c2cccc3sc4ccccc4c23)c1. The van der Waals surface area contributed by atoms with Gasteiger partial charge in [-0.2, -0.15) is 0 Å². The molecule has 2 nitrogen and oxygen atoms in total. The van der Waals surface area contributed by atoms with Gasteiger partial charge in [-0.05, 0) is 87.4 Å². The molecule has 0 saturated carbocycles. The summed E-state index contributed by atoms with van der Waals surface area (Å²) in [7, 11) is 0. The third kappa shape index (κ3) is 4.78. The maximum Gasteiger partial charge on any atom is 0.143 e. The number of hydrogen-bond acceptors (Lipinski definition) is 3. The Hall–Kier alpha value is -6.68. The molecule has 2 heterocycles. The summed E-state index contributed by atoms with van der Waals surface area (Å²) in [4.78, 5) is 2.43. The van der Waals surface area contributed by atoms with Crippen LogP contribution in [0.1, 0.15) is 0 Å². The molecule has 11 aromatic rings. The average molecular weight is 694 g/mol. The van der Waals surface area contributed by atoms with E-state index in [2.05, 4.69) is 193 Å². The fourth-order valence-corrected chi connectivity index (χ4v) is 9.33. The Balaban J connectivity index is 1.17. The first kappa shape index (κ1) is 30.0. The van der Waals surface area contributed by atoms with Gasteiger partial charge in [0.05, 0.1) is 16.8 Å². The van der Waals surface area contributed by atoms with Crippen LogP contribution in [-0.4, -0.2) is 0 Å². The number of rotatable bonds is 5. The third-order valence-electron chi connectivity index (χ3n) is 10.7. The quantitative estimate of drug-likeness (QED) is 0.178. The molecule has 9 aromatic carbocycles. The highest BCUT2D eigenvalue weighted by Gasteiger charge is 2.23. The summed E-state index contributed by atoms with van der Waals surface area (Å²) in [5.74, 6) is 0. The highest BCUT2D eigenvalue weighted by Crippen LogP contribution is 2.49. The lowest BCUT2D eigenvalue weighted by molar-refractivity contribution is 0.672. The summed E-state index contributed by atoms with van der Waals surface area (Å²) >= 11 is 1.86. The van der Waals surface area contributed by atoms with Crippen molar-refractivity contribution in [2.45, 2.75) is 0 Å². The van der Waals surface area contributed by atoms with E-state index in [4.69, 9.17) is 4.42 Å². The van der Waals surface area contributed by atoms with Crippen molar-refractivity contribution in [1.29, 1.82) is 0 Å². The van der Waals surface area contributed by atoms with Crippen molar-refractivity contribution in [1.82, 2.24) is 0 Å². The lowest BCUT2D eigenvalue weighted by Gasteiger charge is -2.29. The van der Waals surface area contributed by atoms with E-state index in [1.807, 2.05) is 11.3 Å². The van der Waals surface area contributed by atoms with E-state index in [1.54, 1.807) is 0 Å². The zero-order chi connectivity index (χ0) is 34.9. The molecule has 0 amide bonds. The van der Waals surface area contributed by atoms with E-state index >= 15 is 0 Å². The molecule has 0 aliphatic carbocycles. The molecule has 3 heteroatoms. The first-order chi connectivity index (χ1) is 26.3. The van der Waals surface area contributed by atoms with Crippen molar-refractivity contribution < 1.29 is 4.42 Å². The zero-order valence-corrected chi connectivity index (χ0v) is 29.5. The lowest BCUT2D eigenvalue weighted by atomic mass is 9.96. The molecule has 11 rings (SSSR count). The summed E-state index contributed by atoms with van der Waals surface area (Å²) in [6.45, 7) is 0. The molecule has 0 atom stereocenters. The topological polar surface area (TPSA) is 16.4 Å². The second kappa shape index (κ2) is 11.9. The number of fused-ring (bicyclic) bond motifs is 9. The van der Waals surface area contributed by atoms with Crippen molar-refractivity contribution in [3.8, 4) is 22.3 Å². The molecule has 248 valence electrons. The Bertz CT molecular complexity index is 3190. The van der Waals surface area contributed by atoms with E-state index in [0.717, 1.165) is 44.4 Å². The third-order valence-corrected chi connectivity index (χ3v) is 11.8. The van der Waals surface area contributed by atoms with Crippen LogP contribution < -0.4 is 4.90 Å². The normalized spacial score (nSPS) is 11.8. The van der Waals surface area contributed by atoms with Crippen LogP contribution in [0.15, 0.2) is 192 Å². The number of anilines is 3. The van der Waals surface area contributed by atoms with Crippen molar-refractivity contribution in [2.24, 2.45) is 0 Å². The molecule has 0 spiro atoms. The van der Waals surface area contributed by atoms with Crippen LogP contribution in [0.25, 0.3) is 85.9 Å². The molecule has 0 unspecified atom stereocenters. The minimum atomic E-state index is 0.870. The largest absolute Gasteiger partial charge is 0.455 e. The molecule has 0 aliphatic rings. The first-order valence-corrected chi connectivity index (χ1v) is 18.8. The van der Waals surface area contributed by atoms with Gasteiger partial charge in [0.1, 0.15) is 11.2 Å². The van der Waals surface area contributed by atoms with Gasteiger partial charge in [-0.25, -0.2) is 0 Å². The maximum absolute atomic E-state index is 6.73. The summed E-state index contributed by atoms with van der Waals surface area (Å²) in [6.07, 6.45) is 0. The number of nitrogens with zero attached hydrogens (tertiary/aromatic N) is 1. The van der Waals surface area contributed by atoms with Crippen LogP contribution >= 0.6 is 11.3 Å². The Morgan fingerprint density at radius 2 is 1.06 bits per heavy atom. The second-order valence-electron chi connectivity index (χ2n) is 13.7. The lowest BCUT2D eigenvalue weighted by Crippen LogP contribution is -2.11. The summed E-state index contributed by atoms with van der Waals surface area (Å²) < 4.78 is 9.32. The van der Waals surface area contributed by atoms with Gasteiger partial charge < -0.3 is 9.32 Å². The molecule has 0 radical (unpaired) electrons. The fraction of sp³-hybridized carbons (Fsp3) is 0. The predicted molar refractivity (Wildman–Crippen MR) is 227 cm³/mol. The van der Waals surface area contributed by atoms with Crippen LogP contribution in [-0.2, 0) is 0 Å². The minimum absolute atomic E-state index is 0.870. The van der Waals surface area contributed by atoms with E-state index in [1.165, 1.54) is 58.6 Å². The summed E-state index contributed by atoms with van der Waals surface area (Å²) in [6, 6.07) is 68.0. The molecule has 0 N–H and O–H groups in total. The number of furan rings is 1. The first-order valence-electron chi connectivity index (χ1n) is 18.0. The number of benzene rings is 9. The van der Waals surface area contributed by atoms with Gasteiger partial charge in [-0.15, -0.1) is 11.3 Å². The summed E-state index contributed by atoms with van der Waals surface area (Å²) in [5.41, 5.74) is 9.83. The number of thiophene rings is 1. The van der Waals surface area contributed by atoms with E-state index in [9.17, 15) is 0 Å². The summed E-state index contributed by atoms with van der Waals surface area (Å²) in [5, 5.41) is 9.57.